The van der Waals surface area contributed by atoms with E-state index >= 15 is 0 Å². The van der Waals surface area contributed by atoms with Gasteiger partial charge in [-0.25, -0.2) is 0 Å². The zero-order chi connectivity index (χ0) is 13.1. The lowest BCUT2D eigenvalue weighted by molar-refractivity contribution is 0.523. The van der Waals surface area contributed by atoms with E-state index in [4.69, 9.17) is 0 Å². The van der Waals surface area contributed by atoms with E-state index in [9.17, 15) is 0 Å². The van der Waals surface area contributed by atoms with Gasteiger partial charge in [0.15, 0.2) is 0 Å². The number of benzene rings is 1. The molecule has 1 N–H and O–H groups in total. The minimum atomic E-state index is 0.747. The zero-order valence-electron chi connectivity index (χ0n) is 11.9. The fourth-order valence-electron chi connectivity index (χ4n) is 3.25. The maximum Gasteiger partial charge on any atom is 0.0210 e. The lowest BCUT2D eigenvalue weighted by Gasteiger charge is -2.15. The molecular weight excluding hydrogens is 250 g/mol. The Labute approximate surface area is 121 Å². The first-order valence-electron chi connectivity index (χ1n) is 7.79. The molecule has 104 valence electrons. The summed E-state index contributed by atoms with van der Waals surface area (Å²) >= 11 is 2.14. The first kappa shape index (κ1) is 13.5. The Morgan fingerprint density at radius 3 is 2.79 bits per heavy atom. The van der Waals surface area contributed by atoms with Crippen LogP contribution in [0.15, 0.2) is 24.3 Å². The van der Waals surface area contributed by atoms with Crippen molar-refractivity contribution in [1.82, 2.24) is 5.32 Å². The van der Waals surface area contributed by atoms with Crippen LogP contribution in [-0.4, -0.2) is 17.0 Å². The van der Waals surface area contributed by atoms with E-state index in [-0.39, 0.29) is 0 Å². The van der Waals surface area contributed by atoms with Crippen molar-refractivity contribution in [2.75, 3.05) is 5.75 Å². The van der Waals surface area contributed by atoms with Gasteiger partial charge in [-0.05, 0) is 54.9 Å². The smallest absolute Gasteiger partial charge is 0.0210 e. The third kappa shape index (κ3) is 3.55. The highest BCUT2D eigenvalue weighted by Crippen LogP contribution is 2.41. The zero-order valence-corrected chi connectivity index (χ0v) is 12.7. The van der Waals surface area contributed by atoms with E-state index in [1.165, 1.54) is 43.4 Å². The van der Waals surface area contributed by atoms with Gasteiger partial charge >= 0.3 is 0 Å². The molecule has 0 radical (unpaired) electrons. The fraction of sp³-hybridized carbons (Fsp3) is 0.647. The van der Waals surface area contributed by atoms with Gasteiger partial charge in [-0.15, -0.1) is 0 Å². The van der Waals surface area contributed by atoms with Crippen LogP contribution in [0.1, 0.15) is 56.1 Å². The summed E-state index contributed by atoms with van der Waals surface area (Å²) in [7, 11) is 0. The molecule has 2 unspecified atom stereocenters. The lowest BCUT2D eigenvalue weighted by Crippen LogP contribution is -2.26. The second-order valence-corrected chi connectivity index (χ2v) is 7.52. The molecule has 1 aromatic rings. The van der Waals surface area contributed by atoms with Gasteiger partial charge in [0, 0.05) is 17.8 Å². The van der Waals surface area contributed by atoms with E-state index in [1.807, 2.05) is 0 Å². The number of hydrogen-bond acceptors (Lipinski definition) is 2. The van der Waals surface area contributed by atoms with Crippen molar-refractivity contribution in [3.05, 3.63) is 35.4 Å². The average Bonchev–Trinajstić information content (AvgIpc) is 3.19. The van der Waals surface area contributed by atoms with Crippen LogP contribution in [0, 0.1) is 0 Å². The predicted molar refractivity (Wildman–Crippen MR) is 84.8 cm³/mol. The number of hydrogen-bond donors (Lipinski definition) is 1. The molecule has 2 fully saturated rings. The van der Waals surface area contributed by atoms with Crippen molar-refractivity contribution in [2.45, 2.75) is 62.8 Å². The van der Waals surface area contributed by atoms with Crippen LogP contribution in [0.5, 0.6) is 0 Å². The van der Waals surface area contributed by atoms with Crippen LogP contribution in [0.2, 0.25) is 0 Å². The Kier molecular flexibility index (Phi) is 4.49. The van der Waals surface area contributed by atoms with Crippen molar-refractivity contribution in [3.63, 3.8) is 0 Å². The Balaban J connectivity index is 1.52. The lowest BCUT2D eigenvalue weighted by atomic mass is 10.0. The summed E-state index contributed by atoms with van der Waals surface area (Å²) in [5.41, 5.74) is 3.14. The van der Waals surface area contributed by atoms with Crippen LogP contribution in [0.4, 0.5) is 0 Å². The van der Waals surface area contributed by atoms with Crippen molar-refractivity contribution in [3.8, 4) is 0 Å². The van der Waals surface area contributed by atoms with E-state index in [0.717, 1.165) is 23.8 Å². The maximum absolute atomic E-state index is 3.80. The largest absolute Gasteiger partial charge is 0.310 e. The first-order valence-corrected chi connectivity index (χ1v) is 8.84. The van der Waals surface area contributed by atoms with Crippen molar-refractivity contribution < 1.29 is 0 Å². The SMILES string of the molecule is CCSC1CCC(NCc2ccccc2C2CC2)C1. The highest BCUT2D eigenvalue weighted by atomic mass is 32.2. The second kappa shape index (κ2) is 6.32. The molecule has 2 saturated carbocycles. The van der Waals surface area contributed by atoms with Crippen LogP contribution in [-0.2, 0) is 6.54 Å². The Morgan fingerprint density at radius 1 is 1.16 bits per heavy atom. The topological polar surface area (TPSA) is 12.0 Å². The number of nitrogens with one attached hydrogen (secondary N) is 1. The van der Waals surface area contributed by atoms with E-state index in [1.54, 1.807) is 5.56 Å². The van der Waals surface area contributed by atoms with E-state index in [2.05, 4.69) is 48.3 Å². The van der Waals surface area contributed by atoms with Gasteiger partial charge < -0.3 is 5.32 Å². The average molecular weight is 275 g/mol. The summed E-state index contributed by atoms with van der Waals surface area (Å²) in [5, 5.41) is 4.70. The van der Waals surface area contributed by atoms with E-state index < -0.39 is 0 Å². The van der Waals surface area contributed by atoms with E-state index in [0.29, 0.717) is 0 Å². The molecule has 0 aliphatic heterocycles. The molecule has 0 heterocycles. The molecule has 1 aromatic carbocycles. The summed E-state index contributed by atoms with van der Waals surface area (Å²) < 4.78 is 0. The summed E-state index contributed by atoms with van der Waals surface area (Å²) in [6, 6.07) is 9.78. The second-order valence-electron chi connectivity index (χ2n) is 5.94. The monoisotopic (exact) mass is 275 g/mol. The summed E-state index contributed by atoms with van der Waals surface area (Å²) in [5.74, 6) is 2.13. The van der Waals surface area contributed by atoms with Crippen molar-refractivity contribution >= 4 is 11.8 Å². The predicted octanol–water partition coefficient (Wildman–Crippen LogP) is 4.33. The molecule has 0 bridgehead atoms. The van der Waals surface area contributed by atoms with Crippen LogP contribution in [0.25, 0.3) is 0 Å². The normalized spacial score (nSPS) is 26.8. The van der Waals surface area contributed by atoms with Gasteiger partial charge in [0.2, 0.25) is 0 Å². The highest BCUT2D eigenvalue weighted by molar-refractivity contribution is 7.99. The molecule has 0 spiro atoms. The first-order chi connectivity index (χ1) is 9.36. The Hall–Kier alpha value is -0.470. The molecule has 2 aliphatic carbocycles. The fourth-order valence-corrected chi connectivity index (χ4v) is 4.40. The van der Waals surface area contributed by atoms with Gasteiger partial charge in [-0.1, -0.05) is 31.2 Å². The molecule has 2 atom stereocenters. The van der Waals surface area contributed by atoms with Crippen LogP contribution >= 0.6 is 11.8 Å². The number of rotatable bonds is 6. The molecule has 0 saturated heterocycles. The van der Waals surface area contributed by atoms with Gasteiger partial charge in [-0.3, -0.25) is 0 Å². The molecule has 19 heavy (non-hydrogen) atoms. The Bertz CT molecular complexity index is 413. The molecule has 1 nitrogen and oxygen atoms in total. The quantitative estimate of drug-likeness (QED) is 0.829. The van der Waals surface area contributed by atoms with Crippen LogP contribution < -0.4 is 5.32 Å². The standard InChI is InChI=1S/C17H25NS/c1-2-19-16-10-9-15(11-16)18-12-14-5-3-4-6-17(14)13-7-8-13/h3-6,13,15-16,18H,2,7-12H2,1H3. The molecule has 3 rings (SSSR count). The minimum absolute atomic E-state index is 0.747. The summed E-state index contributed by atoms with van der Waals surface area (Å²) in [6.45, 7) is 3.35. The van der Waals surface area contributed by atoms with Gasteiger partial charge in [0.05, 0.1) is 0 Å². The van der Waals surface area contributed by atoms with Gasteiger partial charge in [0.25, 0.3) is 0 Å². The molecule has 0 aromatic heterocycles. The van der Waals surface area contributed by atoms with Gasteiger partial charge in [-0.2, -0.15) is 11.8 Å². The van der Waals surface area contributed by atoms with Crippen molar-refractivity contribution in [2.24, 2.45) is 0 Å². The minimum Gasteiger partial charge on any atom is -0.310 e. The van der Waals surface area contributed by atoms with Crippen molar-refractivity contribution in [1.29, 1.82) is 0 Å². The Morgan fingerprint density at radius 2 is 2.00 bits per heavy atom. The summed E-state index contributed by atoms with van der Waals surface area (Å²) in [4.78, 5) is 0. The van der Waals surface area contributed by atoms with Crippen LogP contribution in [0.3, 0.4) is 0 Å². The highest BCUT2D eigenvalue weighted by Gasteiger charge is 2.27. The molecule has 2 heteroatoms. The van der Waals surface area contributed by atoms with Gasteiger partial charge in [0.1, 0.15) is 0 Å². The maximum atomic E-state index is 3.80. The third-order valence-electron chi connectivity index (χ3n) is 4.44. The third-order valence-corrected chi connectivity index (χ3v) is 5.67. The molecule has 2 aliphatic rings. The number of thioether (sulfide) groups is 1. The molecule has 0 amide bonds. The summed E-state index contributed by atoms with van der Waals surface area (Å²) in [6.07, 6.45) is 6.93. The molecular formula is C17H25NS.